The molecule has 17 heavy (non-hydrogen) atoms. The van der Waals surface area contributed by atoms with Crippen LogP contribution in [0.5, 0.6) is 0 Å². The van der Waals surface area contributed by atoms with Crippen LogP contribution in [-0.4, -0.2) is 17.2 Å². The number of hydrogen-bond acceptors (Lipinski definition) is 3. The van der Waals surface area contributed by atoms with Gasteiger partial charge in [-0.05, 0) is 40.5 Å². The Bertz CT molecular complexity index is 319. The lowest BCUT2D eigenvalue weighted by atomic mass is 9.84. The second-order valence-electron chi connectivity index (χ2n) is 5.84. The summed E-state index contributed by atoms with van der Waals surface area (Å²) >= 11 is 0. The summed E-state index contributed by atoms with van der Waals surface area (Å²) in [5, 5.41) is 12.0. The molecule has 0 aromatic rings. The van der Waals surface area contributed by atoms with Crippen molar-refractivity contribution in [2.75, 3.05) is 0 Å². The highest BCUT2D eigenvalue weighted by molar-refractivity contribution is 5.69. The predicted octanol–water partition coefficient (Wildman–Crippen LogP) is 2.98. The van der Waals surface area contributed by atoms with Crippen molar-refractivity contribution in [1.82, 2.24) is 5.32 Å². The van der Waals surface area contributed by atoms with Crippen LogP contribution in [0.4, 0.5) is 4.79 Å². The third kappa shape index (κ3) is 3.62. The molecule has 1 saturated carbocycles. The summed E-state index contributed by atoms with van der Waals surface area (Å²) in [5.41, 5.74) is -0.892. The first-order valence-electron chi connectivity index (χ1n) is 6.20. The van der Waals surface area contributed by atoms with Crippen LogP contribution in [-0.2, 0) is 4.74 Å². The summed E-state index contributed by atoms with van der Waals surface area (Å²) < 4.78 is 5.26. The highest BCUT2D eigenvalue weighted by atomic mass is 16.6. The molecule has 1 N–H and O–H groups in total. The van der Waals surface area contributed by atoms with Crippen LogP contribution >= 0.6 is 0 Å². The van der Waals surface area contributed by atoms with Crippen molar-refractivity contribution in [3.05, 3.63) is 0 Å². The molecule has 0 saturated heterocycles. The molecule has 1 aliphatic rings. The summed E-state index contributed by atoms with van der Waals surface area (Å²) in [6.07, 6.45) is 3.42. The van der Waals surface area contributed by atoms with E-state index in [9.17, 15) is 4.79 Å². The van der Waals surface area contributed by atoms with Gasteiger partial charge in [0.1, 0.15) is 5.60 Å². The van der Waals surface area contributed by atoms with Gasteiger partial charge >= 0.3 is 6.09 Å². The number of nitrogens with zero attached hydrogens (tertiary/aromatic N) is 1. The zero-order chi connectivity index (χ0) is 13.1. The predicted molar refractivity (Wildman–Crippen MR) is 65.3 cm³/mol. The van der Waals surface area contributed by atoms with Gasteiger partial charge in [0.2, 0.25) is 0 Å². The van der Waals surface area contributed by atoms with Crippen LogP contribution in [0.15, 0.2) is 0 Å². The third-order valence-electron chi connectivity index (χ3n) is 3.27. The number of carbonyl (C=O) groups is 1. The van der Waals surface area contributed by atoms with Crippen molar-refractivity contribution in [2.24, 2.45) is 5.92 Å². The molecule has 0 radical (unpaired) electrons. The molecule has 1 rings (SSSR count). The van der Waals surface area contributed by atoms with E-state index in [2.05, 4.69) is 11.4 Å². The Labute approximate surface area is 103 Å². The van der Waals surface area contributed by atoms with Gasteiger partial charge in [0, 0.05) is 0 Å². The summed E-state index contributed by atoms with van der Waals surface area (Å²) in [5.74, 6) is -0.183. The van der Waals surface area contributed by atoms with Crippen LogP contribution in [0.1, 0.15) is 53.4 Å². The van der Waals surface area contributed by atoms with Crippen molar-refractivity contribution >= 4 is 6.09 Å². The summed E-state index contributed by atoms with van der Waals surface area (Å²) in [7, 11) is 0. The van der Waals surface area contributed by atoms with Gasteiger partial charge in [0.05, 0.1) is 17.5 Å². The quantitative estimate of drug-likeness (QED) is 0.804. The second-order valence-corrected chi connectivity index (χ2v) is 5.84. The molecule has 0 aliphatic heterocycles. The van der Waals surface area contributed by atoms with Gasteiger partial charge in [0.15, 0.2) is 0 Å². The average molecular weight is 238 g/mol. The molecule has 4 nitrogen and oxygen atoms in total. The molecule has 1 unspecified atom stereocenters. The number of amides is 1. The van der Waals surface area contributed by atoms with Gasteiger partial charge in [0.25, 0.3) is 0 Å². The van der Waals surface area contributed by atoms with E-state index < -0.39 is 17.2 Å². The fourth-order valence-corrected chi connectivity index (χ4v) is 2.30. The largest absolute Gasteiger partial charge is 0.444 e. The van der Waals surface area contributed by atoms with E-state index in [1.165, 1.54) is 0 Å². The Morgan fingerprint density at radius 3 is 2.35 bits per heavy atom. The maximum absolute atomic E-state index is 11.8. The lowest BCUT2D eigenvalue weighted by Gasteiger charge is -2.33. The third-order valence-corrected chi connectivity index (χ3v) is 3.27. The lowest BCUT2D eigenvalue weighted by molar-refractivity contribution is 0.0434. The number of alkyl carbamates (subject to hydrolysis) is 1. The van der Waals surface area contributed by atoms with Gasteiger partial charge in [-0.3, -0.25) is 0 Å². The number of carbonyl (C=O) groups excluding carboxylic acids is 1. The Balaban J connectivity index is 2.69. The molecule has 1 atom stereocenters. The Kier molecular flexibility index (Phi) is 4.03. The topological polar surface area (TPSA) is 62.1 Å². The molecule has 1 amide bonds. The first kappa shape index (κ1) is 13.8. The fourth-order valence-electron chi connectivity index (χ4n) is 2.30. The van der Waals surface area contributed by atoms with E-state index in [1.54, 1.807) is 0 Å². The molecule has 0 spiro atoms. The van der Waals surface area contributed by atoms with Crippen molar-refractivity contribution < 1.29 is 9.53 Å². The lowest BCUT2D eigenvalue weighted by Crippen LogP contribution is -2.52. The van der Waals surface area contributed by atoms with Gasteiger partial charge in [-0.1, -0.05) is 12.8 Å². The second kappa shape index (κ2) is 4.95. The number of hydrogen-bond donors (Lipinski definition) is 1. The van der Waals surface area contributed by atoms with E-state index >= 15 is 0 Å². The zero-order valence-corrected chi connectivity index (χ0v) is 11.2. The minimum Gasteiger partial charge on any atom is -0.444 e. The molecule has 4 heteroatoms. The number of nitrogens with one attached hydrogen (secondary N) is 1. The van der Waals surface area contributed by atoms with Crippen molar-refractivity contribution in [3.63, 3.8) is 0 Å². The monoisotopic (exact) mass is 238 g/mol. The Hall–Kier alpha value is -1.24. The average Bonchev–Trinajstić information content (AvgIpc) is 2.63. The van der Waals surface area contributed by atoms with Crippen LogP contribution in [0.2, 0.25) is 0 Å². The summed E-state index contributed by atoms with van der Waals surface area (Å²) in [4.78, 5) is 11.8. The molecule has 1 aliphatic carbocycles. The van der Waals surface area contributed by atoms with Gasteiger partial charge in [-0.2, -0.15) is 5.26 Å². The maximum atomic E-state index is 11.8. The van der Waals surface area contributed by atoms with E-state index in [1.807, 2.05) is 27.7 Å². The molecule has 1 fully saturated rings. The number of nitriles is 1. The van der Waals surface area contributed by atoms with E-state index in [4.69, 9.17) is 10.00 Å². The first-order chi connectivity index (χ1) is 7.79. The smallest absolute Gasteiger partial charge is 0.408 e. The van der Waals surface area contributed by atoms with Crippen molar-refractivity contribution in [1.29, 1.82) is 5.26 Å². The highest BCUT2D eigenvalue weighted by Gasteiger charge is 2.41. The van der Waals surface area contributed by atoms with Crippen LogP contribution in [0.25, 0.3) is 0 Å². The Morgan fingerprint density at radius 1 is 1.41 bits per heavy atom. The standard InChI is InChI=1S/C13H22N2O2/c1-10(9-14)13(7-5-6-8-13)15-11(16)17-12(2,3)4/h10H,5-8H2,1-4H3,(H,15,16). The zero-order valence-electron chi connectivity index (χ0n) is 11.2. The molecule has 0 heterocycles. The number of ether oxygens (including phenoxy) is 1. The highest BCUT2D eigenvalue weighted by Crippen LogP contribution is 2.36. The molecule has 0 aromatic carbocycles. The van der Waals surface area contributed by atoms with Crippen molar-refractivity contribution in [3.8, 4) is 6.07 Å². The molecule has 0 bridgehead atoms. The summed E-state index contributed by atoms with van der Waals surface area (Å²) in [6, 6.07) is 2.25. The molecule has 0 aromatic heterocycles. The van der Waals surface area contributed by atoms with Crippen LogP contribution in [0, 0.1) is 17.2 Å². The van der Waals surface area contributed by atoms with Crippen molar-refractivity contribution in [2.45, 2.75) is 64.5 Å². The normalized spacial score (nSPS) is 20.4. The molecule has 96 valence electrons. The van der Waals surface area contributed by atoms with Crippen LogP contribution < -0.4 is 5.32 Å². The molecular formula is C13H22N2O2. The van der Waals surface area contributed by atoms with Gasteiger partial charge in [-0.25, -0.2) is 4.79 Å². The fraction of sp³-hybridized carbons (Fsp3) is 0.846. The summed E-state index contributed by atoms with van der Waals surface area (Å²) in [6.45, 7) is 7.37. The van der Waals surface area contributed by atoms with E-state index in [-0.39, 0.29) is 5.92 Å². The minimum absolute atomic E-state index is 0.183. The van der Waals surface area contributed by atoms with Crippen LogP contribution in [0.3, 0.4) is 0 Å². The number of rotatable bonds is 2. The van der Waals surface area contributed by atoms with Gasteiger partial charge in [-0.15, -0.1) is 0 Å². The Morgan fingerprint density at radius 2 is 1.94 bits per heavy atom. The van der Waals surface area contributed by atoms with Gasteiger partial charge < -0.3 is 10.1 Å². The van der Waals surface area contributed by atoms with E-state index in [0.717, 1.165) is 25.7 Å². The maximum Gasteiger partial charge on any atom is 0.408 e. The SMILES string of the molecule is CC(C#N)C1(NC(=O)OC(C)(C)C)CCCC1. The van der Waals surface area contributed by atoms with E-state index in [0.29, 0.717) is 0 Å². The minimum atomic E-state index is -0.500. The molecular weight excluding hydrogens is 216 g/mol. The first-order valence-corrected chi connectivity index (χ1v) is 6.20.